The third-order valence-corrected chi connectivity index (χ3v) is 3.52. The van der Waals surface area contributed by atoms with E-state index >= 15 is 0 Å². The Labute approximate surface area is 150 Å². The van der Waals surface area contributed by atoms with Gasteiger partial charge in [0.25, 0.3) is 11.6 Å². The van der Waals surface area contributed by atoms with Gasteiger partial charge in [-0.2, -0.15) is 13.2 Å². The molecule has 0 heterocycles. The average molecular weight is 382 g/mol. The topological polar surface area (TPSA) is 98.5 Å². The lowest BCUT2D eigenvalue weighted by atomic mass is 10.1. The number of ether oxygens (including phenoxy) is 1. The van der Waals surface area contributed by atoms with E-state index in [1.807, 2.05) is 0 Å². The van der Waals surface area contributed by atoms with Crippen molar-refractivity contribution in [2.24, 2.45) is 0 Å². The Hall–Kier alpha value is -3.43. The summed E-state index contributed by atoms with van der Waals surface area (Å²) in [7, 11) is 1.08. The lowest BCUT2D eigenvalue weighted by molar-refractivity contribution is -0.384. The molecule has 2 rings (SSSR count). The number of nitrogens with zero attached hydrogens (tertiary/aromatic N) is 1. The number of non-ortho nitro benzene ring substituents is 1. The van der Waals surface area contributed by atoms with E-state index in [1.54, 1.807) is 0 Å². The third-order valence-electron chi connectivity index (χ3n) is 3.52. The standard InChI is InChI=1S/C17H13F3N2O5/c1-27-16(24)12-6-11(7-14(8-12)22(25)26)15(23)21-9-10-3-2-4-13(5-10)17(18,19)20/h2-8H,9H2,1H3,(H,21,23). The zero-order valence-corrected chi connectivity index (χ0v) is 13.9. The Morgan fingerprint density at radius 3 is 2.41 bits per heavy atom. The average Bonchev–Trinajstić information content (AvgIpc) is 2.64. The van der Waals surface area contributed by atoms with Crippen LogP contribution in [0.2, 0.25) is 0 Å². The molecule has 0 radical (unpaired) electrons. The van der Waals surface area contributed by atoms with E-state index in [2.05, 4.69) is 10.1 Å². The van der Waals surface area contributed by atoms with Crippen LogP contribution in [0.25, 0.3) is 0 Å². The first-order valence-electron chi connectivity index (χ1n) is 7.44. The van der Waals surface area contributed by atoms with Gasteiger partial charge in [0.15, 0.2) is 0 Å². The summed E-state index contributed by atoms with van der Waals surface area (Å²) in [6.07, 6.45) is -4.52. The van der Waals surface area contributed by atoms with Gasteiger partial charge in [0.05, 0.1) is 23.2 Å². The van der Waals surface area contributed by atoms with Crippen molar-refractivity contribution in [1.82, 2.24) is 5.32 Å². The molecule has 1 N–H and O–H groups in total. The van der Waals surface area contributed by atoms with Gasteiger partial charge in [-0.1, -0.05) is 12.1 Å². The molecule has 0 aliphatic carbocycles. The van der Waals surface area contributed by atoms with Crippen molar-refractivity contribution in [1.29, 1.82) is 0 Å². The van der Waals surface area contributed by atoms with E-state index < -0.39 is 34.2 Å². The quantitative estimate of drug-likeness (QED) is 0.486. The minimum atomic E-state index is -4.52. The molecule has 1 amide bonds. The maximum absolute atomic E-state index is 12.7. The molecule has 0 aliphatic heterocycles. The number of methoxy groups -OCH3 is 1. The molecule has 10 heteroatoms. The van der Waals surface area contributed by atoms with Crippen molar-refractivity contribution in [2.75, 3.05) is 7.11 Å². The van der Waals surface area contributed by atoms with Crippen molar-refractivity contribution in [3.63, 3.8) is 0 Å². The maximum Gasteiger partial charge on any atom is 0.416 e. The van der Waals surface area contributed by atoms with Gasteiger partial charge in [-0.15, -0.1) is 0 Å². The molecule has 0 aromatic heterocycles. The third kappa shape index (κ3) is 5.03. The van der Waals surface area contributed by atoms with E-state index in [0.29, 0.717) is 0 Å². The fourth-order valence-corrected chi connectivity index (χ4v) is 2.23. The summed E-state index contributed by atoms with van der Waals surface area (Å²) in [4.78, 5) is 34.0. The van der Waals surface area contributed by atoms with Crippen LogP contribution in [0.1, 0.15) is 31.8 Å². The monoisotopic (exact) mass is 382 g/mol. The lowest BCUT2D eigenvalue weighted by Crippen LogP contribution is -2.23. The van der Waals surface area contributed by atoms with Crippen LogP contribution < -0.4 is 5.32 Å². The second kappa shape index (κ2) is 7.85. The number of nitro groups is 1. The highest BCUT2D eigenvalue weighted by molar-refractivity contribution is 5.98. The summed E-state index contributed by atoms with van der Waals surface area (Å²) in [5.41, 5.74) is -1.57. The number of amides is 1. The highest BCUT2D eigenvalue weighted by Crippen LogP contribution is 2.29. The number of benzene rings is 2. The van der Waals surface area contributed by atoms with Crippen LogP contribution in [0.4, 0.5) is 18.9 Å². The minimum absolute atomic E-state index is 0.191. The van der Waals surface area contributed by atoms with Crippen LogP contribution in [0.5, 0.6) is 0 Å². The van der Waals surface area contributed by atoms with Crippen LogP contribution in [0.3, 0.4) is 0 Å². The summed E-state index contributed by atoms with van der Waals surface area (Å²) < 4.78 is 42.6. The number of hydrogen-bond donors (Lipinski definition) is 1. The largest absolute Gasteiger partial charge is 0.465 e. The van der Waals surface area contributed by atoms with E-state index in [1.165, 1.54) is 12.1 Å². The maximum atomic E-state index is 12.7. The van der Waals surface area contributed by atoms with Crippen molar-refractivity contribution >= 4 is 17.6 Å². The van der Waals surface area contributed by atoms with Gasteiger partial charge in [0.1, 0.15) is 0 Å². The summed E-state index contributed by atoms with van der Waals surface area (Å²) in [5, 5.41) is 13.3. The van der Waals surface area contributed by atoms with Crippen molar-refractivity contribution in [3.05, 3.63) is 74.8 Å². The van der Waals surface area contributed by atoms with Crippen LogP contribution in [0, 0.1) is 10.1 Å². The molecule has 0 unspecified atom stereocenters. The number of hydrogen-bond acceptors (Lipinski definition) is 5. The molecule has 2 aromatic rings. The first-order chi connectivity index (χ1) is 12.6. The molecular formula is C17H13F3N2O5. The van der Waals surface area contributed by atoms with Gasteiger partial charge in [-0.05, 0) is 23.8 Å². The molecule has 0 saturated heterocycles. The van der Waals surface area contributed by atoms with E-state index in [-0.39, 0.29) is 23.2 Å². The highest BCUT2D eigenvalue weighted by atomic mass is 19.4. The number of esters is 1. The van der Waals surface area contributed by atoms with Crippen molar-refractivity contribution in [3.8, 4) is 0 Å². The van der Waals surface area contributed by atoms with Gasteiger partial charge in [0.2, 0.25) is 0 Å². The molecule has 142 valence electrons. The molecule has 0 fully saturated rings. The number of nitrogens with one attached hydrogen (secondary N) is 1. The van der Waals surface area contributed by atoms with Crippen molar-refractivity contribution < 1.29 is 32.4 Å². The fourth-order valence-electron chi connectivity index (χ4n) is 2.23. The van der Waals surface area contributed by atoms with E-state index in [9.17, 15) is 32.9 Å². The zero-order valence-electron chi connectivity index (χ0n) is 13.9. The predicted octanol–water partition coefficient (Wildman–Crippen LogP) is 3.33. The second-order valence-electron chi connectivity index (χ2n) is 5.40. The molecule has 27 heavy (non-hydrogen) atoms. The van der Waals surface area contributed by atoms with Gasteiger partial charge in [-0.25, -0.2) is 4.79 Å². The van der Waals surface area contributed by atoms with Crippen LogP contribution >= 0.6 is 0 Å². The number of carbonyl (C=O) groups excluding carboxylic acids is 2. The molecule has 7 nitrogen and oxygen atoms in total. The van der Waals surface area contributed by atoms with Crippen LogP contribution in [-0.4, -0.2) is 23.9 Å². The first kappa shape index (κ1) is 19.9. The second-order valence-corrected chi connectivity index (χ2v) is 5.40. The zero-order chi connectivity index (χ0) is 20.2. The fraction of sp³-hybridized carbons (Fsp3) is 0.176. The molecule has 2 aromatic carbocycles. The minimum Gasteiger partial charge on any atom is -0.465 e. The summed E-state index contributed by atoms with van der Waals surface area (Å²) in [6.45, 7) is -0.237. The summed E-state index contributed by atoms with van der Waals surface area (Å²) >= 11 is 0. The first-order valence-corrected chi connectivity index (χ1v) is 7.44. The molecular weight excluding hydrogens is 369 g/mol. The number of halogens is 3. The van der Waals surface area contributed by atoms with Gasteiger partial charge >= 0.3 is 12.1 Å². The number of rotatable bonds is 5. The molecule has 0 spiro atoms. The smallest absolute Gasteiger partial charge is 0.416 e. The Morgan fingerprint density at radius 1 is 1.15 bits per heavy atom. The molecule has 0 bridgehead atoms. The summed E-state index contributed by atoms with van der Waals surface area (Å²) in [5.74, 6) is -1.66. The van der Waals surface area contributed by atoms with Crippen LogP contribution in [-0.2, 0) is 17.5 Å². The van der Waals surface area contributed by atoms with Gasteiger partial charge < -0.3 is 10.1 Å². The molecule has 0 atom stereocenters. The number of alkyl halides is 3. The molecule has 0 saturated carbocycles. The highest BCUT2D eigenvalue weighted by Gasteiger charge is 2.30. The summed E-state index contributed by atoms with van der Waals surface area (Å²) in [6, 6.07) is 7.38. The van der Waals surface area contributed by atoms with Gasteiger partial charge in [0, 0.05) is 24.2 Å². The van der Waals surface area contributed by atoms with Gasteiger partial charge in [-0.3, -0.25) is 14.9 Å². The van der Waals surface area contributed by atoms with E-state index in [0.717, 1.165) is 37.4 Å². The van der Waals surface area contributed by atoms with Crippen molar-refractivity contribution in [2.45, 2.75) is 12.7 Å². The number of nitro benzene ring substituents is 1. The Morgan fingerprint density at radius 2 is 1.81 bits per heavy atom. The normalized spacial score (nSPS) is 11.0. The SMILES string of the molecule is COC(=O)c1cc(C(=O)NCc2cccc(C(F)(F)F)c2)cc([N+](=O)[O-])c1. The lowest BCUT2D eigenvalue weighted by Gasteiger charge is -2.10. The van der Waals surface area contributed by atoms with Crippen LogP contribution in [0.15, 0.2) is 42.5 Å². The Kier molecular flexibility index (Phi) is 5.78. The molecule has 0 aliphatic rings. The number of carbonyl (C=O) groups is 2. The Bertz CT molecular complexity index is 896. The predicted molar refractivity (Wildman–Crippen MR) is 87.1 cm³/mol. The van der Waals surface area contributed by atoms with E-state index in [4.69, 9.17) is 0 Å². The Balaban J connectivity index is 2.22.